The van der Waals surface area contributed by atoms with Gasteiger partial charge in [-0.1, -0.05) is 43.3 Å². The van der Waals surface area contributed by atoms with Gasteiger partial charge in [-0.2, -0.15) is 0 Å². The third kappa shape index (κ3) is 3.92. The predicted molar refractivity (Wildman–Crippen MR) is 115 cm³/mol. The van der Waals surface area contributed by atoms with Gasteiger partial charge in [0, 0.05) is 17.5 Å². The molecule has 0 atom stereocenters. The van der Waals surface area contributed by atoms with Crippen molar-refractivity contribution in [2.24, 2.45) is 0 Å². The average molecular weight is 385 g/mol. The first-order chi connectivity index (χ1) is 14.2. The van der Waals surface area contributed by atoms with Gasteiger partial charge in [0.2, 0.25) is 0 Å². The van der Waals surface area contributed by atoms with Gasteiger partial charge in [0.1, 0.15) is 5.75 Å². The van der Waals surface area contributed by atoms with Crippen molar-refractivity contribution in [3.63, 3.8) is 0 Å². The number of rotatable bonds is 6. The van der Waals surface area contributed by atoms with Crippen LogP contribution in [0.5, 0.6) is 5.75 Å². The number of carbonyl (C=O) groups is 2. The molecule has 0 spiro atoms. The lowest BCUT2D eigenvalue weighted by Gasteiger charge is -2.14. The first-order valence-electron chi connectivity index (χ1n) is 9.96. The zero-order valence-electron chi connectivity index (χ0n) is 16.4. The summed E-state index contributed by atoms with van der Waals surface area (Å²) < 4.78 is 5.66. The van der Waals surface area contributed by atoms with Crippen molar-refractivity contribution in [1.82, 2.24) is 0 Å². The van der Waals surface area contributed by atoms with Crippen molar-refractivity contribution in [3.8, 4) is 16.9 Å². The smallest absolute Gasteiger partial charge is 0.255 e. The number of nitrogens with one attached hydrogen (secondary N) is 1. The second-order valence-electron chi connectivity index (χ2n) is 7.13. The van der Waals surface area contributed by atoms with E-state index in [-0.39, 0.29) is 11.7 Å². The van der Waals surface area contributed by atoms with Gasteiger partial charge in [-0.25, -0.2) is 0 Å². The Morgan fingerprint density at radius 3 is 2.45 bits per heavy atom. The first-order valence-corrected chi connectivity index (χ1v) is 9.96. The summed E-state index contributed by atoms with van der Waals surface area (Å²) in [5, 5.41) is 2.92. The molecule has 1 amide bonds. The summed E-state index contributed by atoms with van der Waals surface area (Å²) in [5.41, 5.74) is 4.87. The van der Waals surface area contributed by atoms with Gasteiger partial charge < -0.3 is 10.1 Å². The molecule has 1 aliphatic carbocycles. The van der Waals surface area contributed by atoms with Crippen LogP contribution in [-0.2, 0) is 6.42 Å². The molecule has 0 fully saturated rings. The summed E-state index contributed by atoms with van der Waals surface area (Å²) in [6, 6.07) is 20.8. The minimum atomic E-state index is -0.210. The van der Waals surface area contributed by atoms with Crippen molar-refractivity contribution >= 4 is 17.4 Å². The summed E-state index contributed by atoms with van der Waals surface area (Å²) in [7, 11) is 0. The average Bonchev–Trinajstić information content (AvgIpc) is 3.16. The molecule has 1 N–H and O–H groups in total. The Hall–Kier alpha value is -3.40. The van der Waals surface area contributed by atoms with Crippen LogP contribution >= 0.6 is 0 Å². The maximum atomic E-state index is 12.6. The Bertz CT molecular complexity index is 1040. The van der Waals surface area contributed by atoms with Crippen LogP contribution in [-0.4, -0.2) is 18.3 Å². The van der Waals surface area contributed by atoms with Crippen LogP contribution in [0, 0.1) is 0 Å². The van der Waals surface area contributed by atoms with E-state index in [0.717, 1.165) is 28.9 Å². The van der Waals surface area contributed by atoms with Crippen molar-refractivity contribution in [2.45, 2.75) is 26.2 Å². The molecule has 4 nitrogen and oxygen atoms in total. The van der Waals surface area contributed by atoms with E-state index in [1.54, 1.807) is 12.1 Å². The lowest BCUT2D eigenvalue weighted by atomic mass is 9.95. The molecule has 0 saturated carbocycles. The lowest BCUT2D eigenvalue weighted by Crippen LogP contribution is -2.14. The van der Waals surface area contributed by atoms with E-state index in [0.29, 0.717) is 36.3 Å². The highest BCUT2D eigenvalue weighted by atomic mass is 16.5. The van der Waals surface area contributed by atoms with E-state index in [2.05, 4.69) is 12.2 Å². The van der Waals surface area contributed by atoms with Crippen LogP contribution < -0.4 is 10.1 Å². The normalized spacial score (nSPS) is 12.5. The van der Waals surface area contributed by atoms with Crippen molar-refractivity contribution < 1.29 is 14.3 Å². The Morgan fingerprint density at radius 1 is 0.966 bits per heavy atom. The zero-order valence-corrected chi connectivity index (χ0v) is 16.4. The molecular weight excluding hydrogens is 362 g/mol. The number of amides is 1. The fourth-order valence-electron chi connectivity index (χ4n) is 3.70. The van der Waals surface area contributed by atoms with Crippen molar-refractivity contribution in [3.05, 3.63) is 83.4 Å². The van der Waals surface area contributed by atoms with E-state index < -0.39 is 0 Å². The Morgan fingerprint density at radius 2 is 1.72 bits per heavy atom. The van der Waals surface area contributed by atoms with Gasteiger partial charge in [0.25, 0.3) is 5.91 Å². The highest BCUT2D eigenvalue weighted by Gasteiger charge is 2.27. The molecule has 0 saturated heterocycles. The number of fused-ring (bicyclic) bond motifs is 1. The molecule has 0 aliphatic heterocycles. The molecule has 3 aromatic carbocycles. The molecule has 0 radical (unpaired) electrons. The monoisotopic (exact) mass is 385 g/mol. The molecule has 3 aromatic rings. The zero-order chi connectivity index (χ0) is 20.2. The molecule has 4 heteroatoms. The molecule has 146 valence electrons. The third-order valence-electron chi connectivity index (χ3n) is 5.12. The third-order valence-corrected chi connectivity index (χ3v) is 5.12. The number of ketones is 1. The van der Waals surface area contributed by atoms with Gasteiger partial charge in [-0.15, -0.1) is 0 Å². The second kappa shape index (κ2) is 8.31. The second-order valence-corrected chi connectivity index (χ2v) is 7.13. The van der Waals surface area contributed by atoms with Gasteiger partial charge in [-0.3, -0.25) is 9.59 Å². The first kappa shape index (κ1) is 18.9. The number of anilines is 1. The van der Waals surface area contributed by atoms with E-state index >= 15 is 0 Å². The number of ether oxygens (including phenoxy) is 1. The summed E-state index contributed by atoms with van der Waals surface area (Å²) >= 11 is 0. The fraction of sp³-hybridized carbons (Fsp3) is 0.200. The van der Waals surface area contributed by atoms with E-state index in [1.807, 2.05) is 54.6 Å². The largest absolute Gasteiger partial charge is 0.494 e. The summed E-state index contributed by atoms with van der Waals surface area (Å²) in [6.45, 7) is 2.77. The SMILES string of the molecule is CCCOc1ccc(-c2ccc(NC(=O)c3ccccc3)c3c2CCC3=O)cc1. The maximum absolute atomic E-state index is 12.6. The van der Waals surface area contributed by atoms with Gasteiger partial charge in [-0.05, 0) is 59.9 Å². The highest BCUT2D eigenvalue weighted by Crippen LogP contribution is 2.37. The summed E-state index contributed by atoms with van der Waals surface area (Å²) in [6.07, 6.45) is 2.12. The van der Waals surface area contributed by atoms with Gasteiger partial charge in [0.15, 0.2) is 5.78 Å². The van der Waals surface area contributed by atoms with Crippen LogP contribution in [0.2, 0.25) is 0 Å². The predicted octanol–water partition coefficient (Wildman–Crippen LogP) is 5.52. The van der Waals surface area contributed by atoms with E-state index in [4.69, 9.17) is 4.74 Å². The van der Waals surface area contributed by atoms with E-state index in [1.165, 1.54) is 0 Å². The number of hydrogen-bond donors (Lipinski definition) is 1. The van der Waals surface area contributed by atoms with Gasteiger partial charge in [0.05, 0.1) is 12.3 Å². The molecule has 0 unspecified atom stereocenters. The van der Waals surface area contributed by atoms with Crippen LogP contribution in [0.3, 0.4) is 0 Å². The molecule has 1 aliphatic rings. The van der Waals surface area contributed by atoms with Crippen molar-refractivity contribution in [1.29, 1.82) is 0 Å². The number of hydrogen-bond acceptors (Lipinski definition) is 3. The highest BCUT2D eigenvalue weighted by molar-refractivity contribution is 6.12. The van der Waals surface area contributed by atoms with Crippen molar-refractivity contribution in [2.75, 3.05) is 11.9 Å². The Kier molecular flexibility index (Phi) is 5.43. The topological polar surface area (TPSA) is 55.4 Å². The van der Waals surface area contributed by atoms with E-state index in [9.17, 15) is 9.59 Å². The number of carbonyl (C=O) groups excluding carboxylic acids is 2. The quantitative estimate of drug-likeness (QED) is 0.607. The van der Waals surface area contributed by atoms with Crippen LogP contribution in [0.15, 0.2) is 66.7 Å². The molecule has 4 rings (SSSR count). The maximum Gasteiger partial charge on any atom is 0.255 e. The van der Waals surface area contributed by atoms with Gasteiger partial charge >= 0.3 is 0 Å². The lowest BCUT2D eigenvalue weighted by molar-refractivity contribution is 0.0995. The summed E-state index contributed by atoms with van der Waals surface area (Å²) in [4.78, 5) is 25.2. The number of Topliss-reactive ketones (excluding diaryl/α,β-unsaturated/α-hetero) is 1. The van der Waals surface area contributed by atoms with Crippen LogP contribution in [0.1, 0.15) is 46.0 Å². The molecule has 0 heterocycles. The standard InChI is InChI=1S/C25H23NO3/c1-2-16-29-19-10-8-17(9-11-19)20-12-14-22(24-21(20)13-15-23(24)27)26-25(28)18-6-4-3-5-7-18/h3-12,14H,2,13,15-16H2,1H3,(H,26,28). The molecular formula is C25H23NO3. The minimum absolute atomic E-state index is 0.0770. The molecule has 29 heavy (non-hydrogen) atoms. The summed E-state index contributed by atoms with van der Waals surface area (Å²) in [5.74, 6) is 0.709. The number of benzene rings is 3. The fourth-order valence-corrected chi connectivity index (χ4v) is 3.70. The minimum Gasteiger partial charge on any atom is -0.494 e. The van der Waals surface area contributed by atoms with Crippen LogP contribution in [0.4, 0.5) is 5.69 Å². The Balaban J connectivity index is 1.65. The Labute approximate surface area is 170 Å². The van der Waals surface area contributed by atoms with Crippen LogP contribution in [0.25, 0.3) is 11.1 Å². The molecule has 0 aromatic heterocycles. The molecule has 0 bridgehead atoms.